The van der Waals surface area contributed by atoms with Crippen molar-refractivity contribution in [2.75, 3.05) is 27.2 Å². The van der Waals surface area contributed by atoms with E-state index in [-0.39, 0.29) is 5.91 Å². The van der Waals surface area contributed by atoms with E-state index in [9.17, 15) is 14.4 Å². The van der Waals surface area contributed by atoms with Crippen LogP contribution in [0.3, 0.4) is 0 Å². The Labute approximate surface area is 220 Å². The van der Waals surface area contributed by atoms with Crippen LogP contribution < -0.4 is 10.6 Å². The maximum atomic E-state index is 13.7. The number of nitrogens with zero attached hydrogens (tertiary/aromatic N) is 2. The molecule has 1 aromatic heterocycles. The Bertz CT molecular complexity index is 1060. The Balaban J connectivity index is 2.16. The van der Waals surface area contributed by atoms with Crippen molar-refractivity contribution in [3.63, 3.8) is 0 Å². The number of alkyl carbamates (subject to hydrolysis) is 2. The zero-order chi connectivity index (χ0) is 27.8. The number of nitrogens with one attached hydrogen (secondary N) is 2. The van der Waals surface area contributed by atoms with Crippen molar-refractivity contribution in [3.8, 4) is 0 Å². The molecule has 0 saturated carbocycles. The summed E-state index contributed by atoms with van der Waals surface area (Å²) < 4.78 is 12.3. The van der Waals surface area contributed by atoms with Crippen molar-refractivity contribution in [1.82, 2.24) is 20.1 Å². The molecule has 206 valence electrons. The lowest BCUT2D eigenvalue weighted by Gasteiger charge is -2.23. The van der Waals surface area contributed by atoms with Crippen molar-refractivity contribution >= 4 is 29.0 Å². The van der Waals surface area contributed by atoms with Gasteiger partial charge < -0.3 is 25.0 Å². The summed E-state index contributed by atoms with van der Waals surface area (Å²) in [5.41, 5.74) is 0.636. The van der Waals surface area contributed by atoms with Crippen LogP contribution in [0.5, 0.6) is 0 Å². The molecular weight excluding hydrogens is 472 g/mol. The summed E-state index contributed by atoms with van der Waals surface area (Å²) in [6.45, 7) is 12.0. The average molecular weight is 517 g/mol. The number of carbonyl (C=O) groups is 3. The van der Waals surface area contributed by atoms with E-state index in [1.165, 1.54) is 0 Å². The molecule has 2 aromatic rings. The highest BCUT2D eigenvalue weighted by Gasteiger charge is 2.27. The van der Waals surface area contributed by atoms with Gasteiger partial charge >= 0.3 is 12.2 Å². The van der Waals surface area contributed by atoms with Gasteiger partial charge in [0.2, 0.25) is 0 Å². The number of fused-ring (bicyclic) bond motifs is 1. The standard InChI is InChI=1S/C28H44N4O5/c1-27(2,3)36-25(34)29-17-12-11-14-22(30-26(35)37-28(4,5)6)24(33)32-19-20(16-18-31(7)8)21-13-9-10-15-23(21)32/h9-10,13,15,19,22H,11-12,14,16-18H2,1-8H3,(H,29,34)(H,30,35)/t22-/m0/s1. The smallest absolute Gasteiger partial charge is 0.408 e. The number of hydrogen-bond acceptors (Lipinski definition) is 6. The predicted octanol–water partition coefficient (Wildman–Crippen LogP) is 4.97. The topological polar surface area (TPSA) is 102 Å². The molecular formula is C28H44N4O5. The second-order valence-corrected chi connectivity index (χ2v) is 11.6. The Hall–Kier alpha value is -3.07. The number of ether oxygens (including phenoxy) is 2. The van der Waals surface area contributed by atoms with Gasteiger partial charge in [0.1, 0.15) is 17.2 Å². The van der Waals surface area contributed by atoms with Gasteiger partial charge in [-0.15, -0.1) is 0 Å². The summed E-state index contributed by atoms with van der Waals surface area (Å²) in [4.78, 5) is 40.3. The zero-order valence-corrected chi connectivity index (χ0v) is 23.6. The number of carbonyl (C=O) groups excluding carboxylic acids is 3. The molecule has 37 heavy (non-hydrogen) atoms. The summed E-state index contributed by atoms with van der Waals surface area (Å²) in [5.74, 6) is -0.224. The van der Waals surface area contributed by atoms with Gasteiger partial charge in [-0.3, -0.25) is 9.36 Å². The van der Waals surface area contributed by atoms with Crippen molar-refractivity contribution in [2.24, 2.45) is 0 Å². The van der Waals surface area contributed by atoms with Crippen LogP contribution in [-0.4, -0.2) is 72.0 Å². The lowest BCUT2D eigenvalue weighted by Crippen LogP contribution is -2.45. The SMILES string of the molecule is CN(C)CCc1cn(C(=O)[C@H](CCCCNC(=O)OC(C)(C)C)NC(=O)OC(C)(C)C)c2ccccc12. The molecule has 0 fully saturated rings. The van der Waals surface area contributed by atoms with E-state index in [1.807, 2.05) is 65.3 Å². The van der Waals surface area contributed by atoms with Crippen LogP contribution in [0, 0.1) is 0 Å². The first-order valence-electron chi connectivity index (χ1n) is 12.9. The van der Waals surface area contributed by atoms with E-state index in [0.717, 1.165) is 29.4 Å². The molecule has 0 aliphatic heterocycles. The molecule has 1 aromatic carbocycles. The van der Waals surface area contributed by atoms with Gasteiger partial charge in [-0.1, -0.05) is 18.2 Å². The summed E-state index contributed by atoms with van der Waals surface area (Å²) in [5, 5.41) is 6.53. The number of amides is 2. The molecule has 2 amide bonds. The van der Waals surface area contributed by atoms with Crippen molar-refractivity contribution in [1.29, 1.82) is 0 Å². The molecule has 1 atom stereocenters. The second kappa shape index (κ2) is 12.9. The van der Waals surface area contributed by atoms with Gasteiger partial charge in [0.05, 0.1) is 5.52 Å². The summed E-state index contributed by atoms with van der Waals surface area (Å²) in [6.07, 6.45) is 3.19. The van der Waals surface area contributed by atoms with Crippen molar-refractivity contribution < 1.29 is 23.9 Å². The van der Waals surface area contributed by atoms with Crippen molar-refractivity contribution in [3.05, 3.63) is 36.0 Å². The summed E-state index contributed by atoms with van der Waals surface area (Å²) >= 11 is 0. The summed E-state index contributed by atoms with van der Waals surface area (Å²) in [6, 6.07) is 7.02. The summed E-state index contributed by atoms with van der Waals surface area (Å²) in [7, 11) is 4.03. The Morgan fingerprint density at radius 3 is 2.19 bits per heavy atom. The third-order valence-electron chi connectivity index (χ3n) is 5.44. The number of para-hydroxylation sites is 1. The molecule has 0 spiro atoms. The van der Waals surface area contributed by atoms with E-state index in [4.69, 9.17) is 9.47 Å². The lowest BCUT2D eigenvalue weighted by atomic mass is 10.1. The second-order valence-electron chi connectivity index (χ2n) is 11.6. The molecule has 2 N–H and O–H groups in total. The van der Waals surface area contributed by atoms with E-state index < -0.39 is 29.4 Å². The third kappa shape index (κ3) is 10.4. The van der Waals surface area contributed by atoms with Gasteiger partial charge in [0.25, 0.3) is 5.91 Å². The third-order valence-corrected chi connectivity index (χ3v) is 5.44. The number of rotatable bonds is 10. The van der Waals surface area contributed by atoms with Gasteiger partial charge in [-0.25, -0.2) is 9.59 Å². The fraction of sp³-hybridized carbons (Fsp3) is 0.607. The highest BCUT2D eigenvalue weighted by Crippen LogP contribution is 2.23. The Morgan fingerprint density at radius 1 is 0.946 bits per heavy atom. The molecule has 9 heteroatoms. The first kappa shape index (κ1) is 30.2. The minimum atomic E-state index is -0.783. The van der Waals surface area contributed by atoms with Crippen LogP contribution in [-0.2, 0) is 15.9 Å². The molecule has 0 saturated heterocycles. The molecule has 0 unspecified atom stereocenters. The van der Waals surface area contributed by atoms with Crippen LogP contribution in [0.1, 0.15) is 71.2 Å². The van der Waals surface area contributed by atoms with Gasteiger partial charge in [0.15, 0.2) is 0 Å². The number of benzene rings is 1. The van der Waals surface area contributed by atoms with Crippen LogP contribution in [0.2, 0.25) is 0 Å². The molecule has 0 radical (unpaired) electrons. The molecule has 9 nitrogen and oxygen atoms in total. The molecule has 0 aliphatic carbocycles. The number of hydrogen-bond donors (Lipinski definition) is 2. The molecule has 0 aliphatic rings. The fourth-order valence-corrected chi connectivity index (χ4v) is 3.83. The Morgan fingerprint density at radius 2 is 1.57 bits per heavy atom. The van der Waals surface area contributed by atoms with Crippen LogP contribution >= 0.6 is 0 Å². The van der Waals surface area contributed by atoms with Crippen LogP contribution in [0.15, 0.2) is 30.5 Å². The van der Waals surface area contributed by atoms with E-state index in [1.54, 1.807) is 25.3 Å². The molecule has 1 heterocycles. The normalized spacial score (nSPS) is 12.9. The number of likely N-dealkylation sites (N-methyl/N-ethyl adjacent to an activating group) is 1. The molecule has 2 rings (SSSR count). The van der Waals surface area contributed by atoms with E-state index in [0.29, 0.717) is 25.8 Å². The zero-order valence-electron chi connectivity index (χ0n) is 23.6. The maximum absolute atomic E-state index is 13.7. The first-order chi connectivity index (χ1) is 17.2. The first-order valence-corrected chi connectivity index (χ1v) is 12.9. The minimum absolute atomic E-state index is 0.224. The van der Waals surface area contributed by atoms with Gasteiger partial charge in [0, 0.05) is 24.7 Å². The molecule has 0 bridgehead atoms. The van der Waals surface area contributed by atoms with Crippen LogP contribution in [0.25, 0.3) is 10.9 Å². The monoisotopic (exact) mass is 516 g/mol. The predicted molar refractivity (Wildman–Crippen MR) is 146 cm³/mol. The Kier molecular flexibility index (Phi) is 10.5. The van der Waals surface area contributed by atoms with Gasteiger partial charge in [-0.2, -0.15) is 0 Å². The van der Waals surface area contributed by atoms with E-state index in [2.05, 4.69) is 15.5 Å². The largest absolute Gasteiger partial charge is 0.444 e. The lowest BCUT2D eigenvalue weighted by molar-refractivity contribution is 0.0479. The number of unbranched alkanes of at least 4 members (excludes halogenated alkanes) is 1. The van der Waals surface area contributed by atoms with Crippen molar-refractivity contribution in [2.45, 2.75) is 84.5 Å². The maximum Gasteiger partial charge on any atom is 0.408 e. The van der Waals surface area contributed by atoms with Crippen LogP contribution in [0.4, 0.5) is 9.59 Å². The van der Waals surface area contributed by atoms with Gasteiger partial charge in [-0.05, 0) is 93.0 Å². The minimum Gasteiger partial charge on any atom is -0.444 e. The fourth-order valence-electron chi connectivity index (χ4n) is 3.83. The average Bonchev–Trinajstić information content (AvgIpc) is 3.12. The highest BCUT2D eigenvalue weighted by molar-refractivity contribution is 5.97. The number of aromatic nitrogens is 1. The van der Waals surface area contributed by atoms with E-state index >= 15 is 0 Å². The quantitative estimate of drug-likeness (QED) is 0.432. The highest BCUT2D eigenvalue weighted by atomic mass is 16.6.